The highest BCUT2D eigenvalue weighted by atomic mass is 32.2. The van der Waals surface area contributed by atoms with Gasteiger partial charge in [-0.1, -0.05) is 0 Å². The Kier molecular flexibility index (Phi) is 4.72. The number of hydrogen-bond donors (Lipinski definition) is 0. The van der Waals surface area contributed by atoms with Crippen molar-refractivity contribution >= 4 is 26.8 Å². The maximum absolute atomic E-state index is 12.3. The lowest BCUT2D eigenvalue weighted by atomic mass is 10.1. The van der Waals surface area contributed by atoms with Gasteiger partial charge in [0.05, 0.1) is 17.9 Å². The number of nitriles is 1. The number of anilines is 1. The minimum absolute atomic E-state index is 0.310. The van der Waals surface area contributed by atoms with Gasteiger partial charge in [-0.2, -0.15) is 26.9 Å². The minimum atomic E-state index is -5.59. The molecule has 0 saturated carbocycles. The molecule has 3 rings (SSSR count). The molecule has 2 aromatic rings. The first-order chi connectivity index (χ1) is 12.2. The highest BCUT2D eigenvalue weighted by Gasteiger charge is 2.47. The molecule has 1 aromatic carbocycles. The topological polar surface area (TPSA) is 96.2 Å². The zero-order valence-corrected chi connectivity index (χ0v) is 14.1. The van der Waals surface area contributed by atoms with E-state index in [1.807, 2.05) is 11.0 Å². The van der Waals surface area contributed by atoms with Gasteiger partial charge in [0, 0.05) is 31.4 Å². The van der Waals surface area contributed by atoms with E-state index in [-0.39, 0.29) is 5.92 Å². The molecule has 0 spiro atoms. The summed E-state index contributed by atoms with van der Waals surface area (Å²) < 4.78 is 63.1. The zero-order chi connectivity index (χ0) is 18.9. The molecular formula is C15H13F3N4O3S. The van der Waals surface area contributed by atoms with E-state index in [9.17, 15) is 21.6 Å². The molecule has 138 valence electrons. The molecule has 0 aliphatic carbocycles. The van der Waals surface area contributed by atoms with Gasteiger partial charge in [-0.3, -0.25) is 14.2 Å². The van der Waals surface area contributed by atoms with Gasteiger partial charge in [-0.25, -0.2) is 0 Å². The number of rotatable bonds is 4. The summed E-state index contributed by atoms with van der Waals surface area (Å²) in [5, 5.41) is 9.15. The largest absolute Gasteiger partial charge is 0.523 e. The summed E-state index contributed by atoms with van der Waals surface area (Å²) in [6, 6.07) is 5.33. The third-order valence-electron chi connectivity index (χ3n) is 4.09. The first kappa shape index (κ1) is 18.3. The fraction of sp³-hybridized carbons (Fsp3) is 0.400. The Morgan fingerprint density at radius 1 is 1.27 bits per heavy atom. The lowest BCUT2D eigenvalue weighted by Gasteiger charge is -2.20. The summed E-state index contributed by atoms with van der Waals surface area (Å²) in [7, 11) is -5.59. The van der Waals surface area contributed by atoms with E-state index in [1.54, 1.807) is 12.1 Å². The van der Waals surface area contributed by atoms with Crippen LogP contribution in [0.1, 0.15) is 12.0 Å². The van der Waals surface area contributed by atoms with Crippen molar-refractivity contribution in [2.24, 2.45) is 5.92 Å². The van der Waals surface area contributed by atoms with Gasteiger partial charge in [0.1, 0.15) is 17.1 Å². The van der Waals surface area contributed by atoms with Crippen LogP contribution < -0.4 is 4.90 Å². The highest BCUT2D eigenvalue weighted by Crippen LogP contribution is 2.31. The molecule has 1 atom stereocenters. The Morgan fingerprint density at radius 2 is 1.96 bits per heavy atom. The second kappa shape index (κ2) is 6.69. The van der Waals surface area contributed by atoms with E-state index in [4.69, 9.17) is 5.26 Å². The fourth-order valence-corrected chi connectivity index (χ4v) is 3.33. The van der Waals surface area contributed by atoms with Gasteiger partial charge in [0.2, 0.25) is 0 Å². The molecular weight excluding hydrogens is 373 g/mol. The van der Waals surface area contributed by atoms with Gasteiger partial charge in [0.25, 0.3) is 0 Å². The summed E-state index contributed by atoms with van der Waals surface area (Å²) >= 11 is 0. The summed E-state index contributed by atoms with van der Waals surface area (Å²) in [6.45, 7) is 0.265. The van der Waals surface area contributed by atoms with E-state index >= 15 is 0 Å². The average Bonchev–Trinajstić information content (AvgIpc) is 3.07. The van der Waals surface area contributed by atoms with Crippen LogP contribution in [0.25, 0.3) is 11.0 Å². The first-order valence-corrected chi connectivity index (χ1v) is 8.98. The van der Waals surface area contributed by atoms with Crippen molar-refractivity contribution in [2.75, 3.05) is 24.6 Å². The Labute approximate surface area is 147 Å². The third kappa shape index (κ3) is 3.42. The number of nitrogens with zero attached hydrogens (tertiary/aromatic N) is 4. The number of benzene rings is 1. The molecule has 1 aliphatic heterocycles. The number of hydrogen-bond acceptors (Lipinski definition) is 7. The van der Waals surface area contributed by atoms with Crippen molar-refractivity contribution in [3.05, 3.63) is 30.1 Å². The van der Waals surface area contributed by atoms with Crippen LogP contribution in [0.2, 0.25) is 0 Å². The van der Waals surface area contributed by atoms with Gasteiger partial charge in [0.15, 0.2) is 0 Å². The highest BCUT2D eigenvalue weighted by molar-refractivity contribution is 7.87. The summed E-state index contributed by atoms with van der Waals surface area (Å²) in [5.41, 5.74) is -3.42. The quantitative estimate of drug-likeness (QED) is 0.587. The molecule has 0 radical (unpaired) electrons. The normalized spacial score (nSPS) is 18.2. The maximum Gasteiger partial charge on any atom is 0.523 e. The van der Waals surface area contributed by atoms with Crippen LogP contribution in [-0.4, -0.2) is 43.6 Å². The standard InChI is InChI=1S/C15H13F3N4O3S/c16-15(17,18)26(23,24)25-9-10-3-6-22(8-10)12-2-1-11(7-19)13-14(12)21-5-4-20-13/h1-2,4-5,10H,3,6,8-9H2. The molecule has 26 heavy (non-hydrogen) atoms. The molecule has 0 bridgehead atoms. The van der Waals surface area contributed by atoms with Crippen molar-refractivity contribution in [3.63, 3.8) is 0 Å². The molecule has 1 aliphatic rings. The predicted molar refractivity (Wildman–Crippen MR) is 85.5 cm³/mol. The van der Waals surface area contributed by atoms with Crippen molar-refractivity contribution in [3.8, 4) is 6.07 Å². The van der Waals surface area contributed by atoms with E-state index in [1.165, 1.54) is 12.4 Å². The minimum Gasteiger partial charge on any atom is -0.369 e. The van der Waals surface area contributed by atoms with Crippen LogP contribution in [-0.2, 0) is 14.3 Å². The van der Waals surface area contributed by atoms with Gasteiger partial charge in [-0.05, 0) is 18.6 Å². The molecule has 0 N–H and O–H groups in total. The van der Waals surface area contributed by atoms with E-state index < -0.39 is 22.2 Å². The zero-order valence-electron chi connectivity index (χ0n) is 13.3. The first-order valence-electron chi connectivity index (χ1n) is 7.57. The molecule has 0 amide bonds. The second-order valence-electron chi connectivity index (χ2n) is 5.78. The van der Waals surface area contributed by atoms with Crippen molar-refractivity contribution in [1.82, 2.24) is 9.97 Å². The molecule has 11 heteroatoms. The Bertz CT molecular complexity index is 972. The number of halogens is 3. The fourth-order valence-electron chi connectivity index (χ4n) is 2.83. The third-order valence-corrected chi connectivity index (χ3v) is 5.11. The monoisotopic (exact) mass is 386 g/mol. The summed E-state index contributed by atoms with van der Waals surface area (Å²) in [4.78, 5) is 10.3. The van der Waals surface area contributed by atoms with Gasteiger partial charge < -0.3 is 4.90 Å². The Balaban J connectivity index is 1.76. The lowest BCUT2D eigenvalue weighted by molar-refractivity contribution is -0.0549. The summed E-state index contributed by atoms with van der Waals surface area (Å²) in [5.74, 6) is -0.380. The van der Waals surface area contributed by atoms with E-state index in [0.29, 0.717) is 41.8 Å². The Hall–Kier alpha value is -2.45. The molecule has 1 aromatic heterocycles. The number of aromatic nitrogens is 2. The van der Waals surface area contributed by atoms with Crippen LogP contribution in [0.3, 0.4) is 0 Å². The Morgan fingerprint density at radius 3 is 2.62 bits per heavy atom. The van der Waals surface area contributed by atoms with Crippen LogP contribution in [0.15, 0.2) is 24.5 Å². The van der Waals surface area contributed by atoms with Gasteiger partial charge >= 0.3 is 15.6 Å². The van der Waals surface area contributed by atoms with Crippen LogP contribution in [0, 0.1) is 17.2 Å². The van der Waals surface area contributed by atoms with Crippen molar-refractivity contribution < 1.29 is 25.8 Å². The predicted octanol–water partition coefficient (Wildman–Crippen LogP) is 2.19. The molecule has 7 nitrogen and oxygen atoms in total. The SMILES string of the molecule is N#Cc1ccc(N2CCC(COS(=O)(=O)C(F)(F)F)C2)c2nccnc12. The second-order valence-corrected chi connectivity index (χ2v) is 7.39. The number of alkyl halides is 3. The van der Waals surface area contributed by atoms with Crippen LogP contribution in [0.5, 0.6) is 0 Å². The van der Waals surface area contributed by atoms with Gasteiger partial charge in [-0.15, -0.1) is 0 Å². The van der Waals surface area contributed by atoms with Crippen molar-refractivity contribution in [2.45, 2.75) is 11.9 Å². The van der Waals surface area contributed by atoms with Crippen LogP contribution >= 0.6 is 0 Å². The summed E-state index contributed by atoms with van der Waals surface area (Å²) in [6.07, 6.45) is 3.42. The van der Waals surface area contributed by atoms with Crippen molar-refractivity contribution in [1.29, 1.82) is 5.26 Å². The molecule has 1 fully saturated rings. The average molecular weight is 386 g/mol. The maximum atomic E-state index is 12.3. The molecule has 2 heterocycles. The van der Waals surface area contributed by atoms with Crippen LogP contribution in [0.4, 0.5) is 18.9 Å². The molecule has 1 unspecified atom stereocenters. The lowest BCUT2D eigenvalue weighted by Crippen LogP contribution is -2.28. The van der Waals surface area contributed by atoms with E-state index in [2.05, 4.69) is 14.2 Å². The molecule has 1 saturated heterocycles. The van der Waals surface area contributed by atoms with E-state index in [0.717, 1.165) is 0 Å². The number of fused-ring (bicyclic) bond motifs is 1. The smallest absolute Gasteiger partial charge is 0.369 e.